The first-order valence-electron chi connectivity index (χ1n) is 13.1. The number of anilines is 2. The van der Waals surface area contributed by atoms with Crippen molar-refractivity contribution in [3.63, 3.8) is 0 Å². The third-order valence-corrected chi connectivity index (χ3v) is 10.1. The number of benzene rings is 1. The van der Waals surface area contributed by atoms with Gasteiger partial charge >= 0.3 is 0 Å². The number of nitrogens with zero attached hydrogens (tertiary/aromatic N) is 4. The Morgan fingerprint density at radius 2 is 1.87 bits per heavy atom. The summed E-state index contributed by atoms with van der Waals surface area (Å²) in [5, 5.41) is 3.53. The number of hydrogen-bond acceptors (Lipinski definition) is 9. The second kappa shape index (κ2) is 11.1. The maximum Gasteiger partial charge on any atom is 0.230 e. The van der Waals surface area contributed by atoms with Crippen molar-refractivity contribution < 1.29 is 13.2 Å². The molecule has 202 valence electrons. The van der Waals surface area contributed by atoms with Gasteiger partial charge in [-0.05, 0) is 36.0 Å². The van der Waals surface area contributed by atoms with Gasteiger partial charge in [-0.1, -0.05) is 45.2 Å². The van der Waals surface area contributed by atoms with Crippen LogP contribution in [0.5, 0.6) is 0 Å². The molecule has 2 aromatic heterocycles. The number of hydrogen-bond donors (Lipinski definition) is 2. The van der Waals surface area contributed by atoms with Gasteiger partial charge in [0.15, 0.2) is 15.0 Å². The molecule has 5 rings (SSSR count). The minimum Gasteiger partial charge on any atom is -0.368 e. The van der Waals surface area contributed by atoms with E-state index in [9.17, 15) is 13.2 Å². The van der Waals surface area contributed by atoms with Crippen LogP contribution in [0.1, 0.15) is 67.3 Å². The standard InChI is InChI=1S/C27H34N6O3S2/c1-17(2)25-24-22(16-33(25)15-20-13-29-26(28)30-14-20)37-27(32-24)31-23(34)12-19-6-8-21(9-7-19)38(35,36)11-10-18-4-3-5-18/h6-9,13-14,17-18,25H,3-5,10-12,15-16H2,1-2H3,(H2,28,29,30)(H,31,32,34)/t25-/m0/s1. The molecule has 3 heterocycles. The minimum atomic E-state index is -3.29. The van der Waals surface area contributed by atoms with Crippen molar-refractivity contribution in [2.75, 3.05) is 16.8 Å². The van der Waals surface area contributed by atoms with Gasteiger partial charge in [0, 0.05) is 35.9 Å². The maximum atomic E-state index is 12.8. The number of nitrogen functional groups attached to an aromatic ring is 1. The van der Waals surface area contributed by atoms with Gasteiger partial charge in [-0.15, -0.1) is 11.3 Å². The number of thiazole rings is 1. The fraction of sp³-hybridized carbons (Fsp3) is 0.481. The van der Waals surface area contributed by atoms with E-state index in [1.807, 2.05) is 0 Å². The number of amides is 1. The Hall–Kier alpha value is -2.89. The number of rotatable bonds is 10. The number of fused-ring (bicyclic) bond motifs is 1. The lowest BCUT2D eigenvalue weighted by Gasteiger charge is -2.27. The Balaban J connectivity index is 1.18. The zero-order chi connectivity index (χ0) is 26.9. The van der Waals surface area contributed by atoms with E-state index < -0.39 is 9.84 Å². The van der Waals surface area contributed by atoms with Crippen LogP contribution in [-0.4, -0.2) is 39.9 Å². The number of nitrogens with one attached hydrogen (secondary N) is 1. The number of nitrogens with two attached hydrogens (primary N) is 1. The molecule has 3 N–H and O–H groups in total. The molecule has 38 heavy (non-hydrogen) atoms. The average molecular weight is 555 g/mol. The second-order valence-corrected chi connectivity index (χ2v) is 13.8. The highest BCUT2D eigenvalue weighted by molar-refractivity contribution is 7.91. The van der Waals surface area contributed by atoms with Crippen LogP contribution in [0.15, 0.2) is 41.6 Å². The van der Waals surface area contributed by atoms with E-state index in [0.717, 1.165) is 47.5 Å². The molecular weight excluding hydrogens is 520 g/mol. The number of carbonyl (C=O) groups excluding carboxylic acids is 1. The molecule has 0 spiro atoms. The smallest absolute Gasteiger partial charge is 0.230 e. The van der Waals surface area contributed by atoms with Crippen molar-refractivity contribution in [3.05, 3.63) is 58.4 Å². The molecule has 1 aliphatic heterocycles. The quantitative estimate of drug-likeness (QED) is 0.378. The second-order valence-electron chi connectivity index (χ2n) is 10.6. The van der Waals surface area contributed by atoms with Crippen molar-refractivity contribution in [1.29, 1.82) is 0 Å². The first-order valence-corrected chi connectivity index (χ1v) is 15.6. The Bertz CT molecular complexity index is 1380. The van der Waals surface area contributed by atoms with E-state index >= 15 is 0 Å². The van der Waals surface area contributed by atoms with Gasteiger partial charge in [0.25, 0.3) is 0 Å². The Kier molecular flexibility index (Phi) is 7.78. The molecule has 0 radical (unpaired) electrons. The molecule has 9 nitrogen and oxygen atoms in total. The summed E-state index contributed by atoms with van der Waals surface area (Å²) < 4.78 is 25.3. The molecule has 1 aromatic carbocycles. The molecule has 1 fully saturated rings. The van der Waals surface area contributed by atoms with E-state index in [4.69, 9.17) is 10.7 Å². The van der Waals surface area contributed by atoms with Gasteiger partial charge in [0.05, 0.1) is 28.8 Å². The fourth-order valence-electron chi connectivity index (χ4n) is 5.17. The monoisotopic (exact) mass is 554 g/mol. The highest BCUT2D eigenvalue weighted by Gasteiger charge is 2.36. The Morgan fingerprint density at radius 1 is 1.16 bits per heavy atom. The third kappa shape index (κ3) is 6.05. The topological polar surface area (TPSA) is 131 Å². The minimum absolute atomic E-state index is 0.128. The summed E-state index contributed by atoms with van der Waals surface area (Å²) in [4.78, 5) is 29.6. The molecule has 1 saturated carbocycles. The molecular formula is C27H34N6O3S2. The summed E-state index contributed by atoms with van der Waals surface area (Å²) in [7, 11) is -3.29. The maximum absolute atomic E-state index is 12.8. The number of sulfone groups is 1. The SMILES string of the molecule is CC(C)[C@H]1c2nc(NC(=O)Cc3ccc(S(=O)(=O)CCC4CCC4)cc3)sc2CN1Cc1cnc(N)nc1. The van der Waals surface area contributed by atoms with Crippen LogP contribution in [0.4, 0.5) is 11.1 Å². The average Bonchev–Trinajstić information content (AvgIpc) is 3.36. The predicted molar refractivity (Wildman–Crippen MR) is 148 cm³/mol. The van der Waals surface area contributed by atoms with Crippen molar-refractivity contribution in [3.8, 4) is 0 Å². The molecule has 0 bridgehead atoms. The normalized spacial score (nSPS) is 17.9. The van der Waals surface area contributed by atoms with Crippen LogP contribution in [0.3, 0.4) is 0 Å². The van der Waals surface area contributed by atoms with E-state index in [1.165, 1.54) is 17.8 Å². The predicted octanol–water partition coefficient (Wildman–Crippen LogP) is 4.37. The Morgan fingerprint density at radius 3 is 2.50 bits per heavy atom. The summed E-state index contributed by atoms with van der Waals surface area (Å²) in [6, 6.07) is 6.81. The lowest BCUT2D eigenvalue weighted by Crippen LogP contribution is -2.26. The number of aromatic nitrogens is 3. The zero-order valence-corrected chi connectivity index (χ0v) is 23.4. The van der Waals surface area contributed by atoms with Crippen molar-refractivity contribution >= 4 is 38.2 Å². The van der Waals surface area contributed by atoms with Gasteiger partial charge in [-0.25, -0.2) is 23.4 Å². The van der Waals surface area contributed by atoms with Gasteiger partial charge in [-0.2, -0.15) is 0 Å². The van der Waals surface area contributed by atoms with Crippen molar-refractivity contribution in [1.82, 2.24) is 19.9 Å². The van der Waals surface area contributed by atoms with Crippen LogP contribution in [0.2, 0.25) is 0 Å². The lowest BCUT2D eigenvalue weighted by atomic mass is 9.84. The summed E-state index contributed by atoms with van der Waals surface area (Å²) >= 11 is 1.50. The van der Waals surface area contributed by atoms with Crippen LogP contribution in [0, 0.1) is 11.8 Å². The molecule has 2 aliphatic rings. The van der Waals surface area contributed by atoms with E-state index in [0.29, 0.717) is 28.4 Å². The van der Waals surface area contributed by atoms with Gasteiger partial charge in [0.1, 0.15) is 0 Å². The largest absolute Gasteiger partial charge is 0.368 e. The summed E-state index contributed by atoms with van der Waals surface area (Å²) in [6.07, 6.45) is 7.88. The molecule has 0 saturated heterocycles. The first-order chi connectivity index (χ1) is 18.2. The summed E-state index contributed by atoms with van der Waals surface area (Å²) in [5.74, 6) is 1.17. The highest BCUT2D eigenvalue weighted by atomic mass is 32.2. The van der Waals surface area contributed by atoms with Gasteiger partial charge in [0.2, 0.25) is 11.9 Å². The molecule has 11 heteroatoms. The van der Waals surface area contributed by atoms with Crippen molar-refractivity contribution in [2.24, 2.45) is 11.8 Å². The van der Waals surface area contributed by atoms with E-state index in [1.54, 1.807) is 36.7 Å². The van der Waals surface area contributed by atoms with Gasteiger partial charge in [-0.3, -0.25) is 9.69 Å². The highest BCUT2D eigenvalue weighted by Crippen LogP contribution is 2.43. The molecule has 1 amide bonds. The van der Waals surface area contributed by atoms with Crippen LogP contribution in [0.25, 0.3) is 0 Å². The lowest BCUT2D eigenvalue weighted by molar-refractivity contribution is -0.115. The van der Waals surface area contributed by atoms with E-state index in [2.05, 4.69) is 34.0 Å². The van der Waals surface area contributed by atoms with E-state index in [-0.39, 0.29) is 30.1 Å². The van der Waals surface area contributed by atoms with Crippen molar-refractivity contribution in [2.45, 2.75) is 70.0 Å². The van der Waals surface area contributed by atoms with Crippen LogP contribution < -0.4 is 11.1 Å². The molecule has 0 unspecified atom stereocenters. The zero-order valence-electron chi connectivity index (χ0n) is 21.8. The molecule has 3 aromatic rings. The third-order valence-electron chi connectivity index (χ3n) is 7.40. The summed E-state index contributed by atoms with van der Waals surface area (Å²) in [5.41, 5.74) is 8.38. The number of carbonyl (C=O) groups is 1. The molecule has 1 aliphatic carbocycles. The Labute approximate surface area is 227 Å². The summed E-state index contributed by atoms with van der Waals surface area (Å²) in [6.45, 7) is 5.77. The molecule has 1 atom stereocenters. The van der Waals surface area contributed by atoms with Crippen LogP contribution >= 0.6 is 11.3 Å². The fourth-order valence-corrected chi connectivity index (χ4v) is 7.65. The first kappa shape index (κ1) is 26.7. The van der Waals surface area contributed by atoms with Crippen LogP contribution in [-0.2, 0) is 34.1 Å². The van der Waals surface area contributed by atoms with Gasteiger partial charge < -0.3 is 11.1 Å².